The fraction of sp³-hybridized carbons (Fsp3) is 0.286. The summed E-state index contributed by atoms with van der Waals surface area (Å²) in [5.74, 6) is -2.35. The number of anilines is 1. The minimum atomic E-state index is -4.62. The lowest BCUT2D eigenvalue weighted by molar-refractivity contribution is -0.161. The van der Waals surface area contributed by atoms with Crippen molar-refractivity contribution in [2.24, 2.45) is 0 Å². The van der Waals surface area contributed by atoms with Crippen LogP contribution in [0.25, 0.3) is 0 Å². The van der Waals surface area contributed by atoms with Crippen molar-refractivity contribution in [1.29, 1.82) is 0 Å². The molecule has 0 bridgehead atoms. The zero-order valence-electron chi connectivity index (χ0n) is 17.1. The number of nitrogens with one attached hydrogen (secondary N) is 3. The Bertz CT molecular complexity index is 1070. The second kappa shape index (κ2) is 8.15. The molecule has 1 aromatic heterocycles. The van der Waals surface area contributed by atoms with Crippen LogP contribution in [0.4, 0.5) is 18.9 Å². The second-order valence-corrected chi connectivity index (χ2v) is 7.42. The highest BCUT2D eigenvalue weighted by atomic mass is 19.4. The molecule has 1 saturated heterocycles. The number of ether oxygens (including phenoxy) is 1. The SMILES string of the molecule is COc1cncc(NC(=O)C2=C(C)NC3C(c4ccccc4)C(C(F)(F)F)NN3C2=O)c1. The Balaban J connectivity index is 1.65. The molecule has 3 heterocycles. The maximum Gasteiger partial charge on any atom is 0.406 e. The zero-order valence-corrected chi connectivity index (χ0v) is 17.1. The molecule has 1 fully saturated rings. The van der Waals surface area contributed by atoms with Gasteiger partial charge in [-0.1, -0.05) is 30.3 Å². The average molecular weight is 447 g/mol. The molecular weight excluding hydrogens is 427 g/mol. The highest BCUT2D eigenvalue weighted by molar-refractivity contribution is 6.23. The van der Waals surface area contributed by atoms with Gasteiger partial charge in [0.2, 0.25) is 0 Å². The number of benzene rings is 1. The molecule has 0 radical (unpaired) electrons. The number of carbonyl (C=O) groups is 2. The van der Waals surface area contributed by atoms with Crippen molar-refractivity contribution in [3.63, 3.8) is 0 Å². The average Bonchev–Trinajstić information content (AvgIpc) is 3.14. The van der Waals surface area contributed by atoms with E-state index in [4.69, 9.17) is 4.74 Å². The predicted molar refractivity (Wildman–Crippen MR) is 108 cm³/mol. The van der Waals surface area contributed by atoms with Crippen molar-refractivity contribution in [2.45, 2.75) is 31.2 Å². The van der Waals surface area contributed by atoms with Crippen molar-refractivity contribution in [3.05, 3.63) is 65.6 Å². The molecule has 0 aliphatic carbocycles. The first-order valence-corrected chi connectivity index (χ1v) is 9.70. The van der Waals surface area contributed by atoms with E-state index in [-0.39, 0.29) is 17.0 Å². The van der Waals surface area contributed by atoms with Gasteiger partial charge in [-0.15, -0.1) is 0 Å². The summed E-state index contributed by atoms with van der Waals surface area (Å²) in [7, 11) is 1.43. The lowest BCUT2D eigenvalue weighted by atomic mass is 9.89. The maximum absolute atomic E-state index is 13.8. The van der Waals surface area contributed by atoms with E-state index in [1.165, 1.54) is 32.5 Å². The van der Waals surface area contributed by atoms with E-state index >= 15 is 0 Å². The van der Waals surface area contributed by atoms with Crippen molar-refractivity contribution in [2.75, 3.05) is 12.4 Å². The van der Waals surface area contributed by atoms with Crippen molar-refractivity contribution in [1.82, 2.24) is 20.7 Å². The summed E-state index contributed by atoms with van der Waals surface area (Å²) >= 11 is 0. The molecule has 2 aliphatic rings. The van der Waals surface area contributed by atoms with Gasteiger partial charge in [0, 0.05) is 11.8 Å². The molecule has 2 amide bonds. The van der Waals surface area contributed by atoms with Gasteiger partial charge in [-0.25, -0.2) is 10.4 Å². The number of halogens is 3. The third-order valence-corrected chi connectivity index (χ3v) is 5.40. The summed E-state index contributed by atoms with van der Waals surface area (Å²) in [5.41, 5.74) is 2.83. The predicted octanol–water partition coefficient (Wildman–Crippen LogP) is 2.29. The maximum atomic E-state index is 13.8. The van der Waals surface area contributed by atoms with Gasteiger partial charge < -0.3 is 15.4 Å². The Kier molecular flexibility index (Phi) is 5.51. The summed E-state index contributed by atoms with van der Waals surface area (Å²) < 4.78 is 46.6. The summed E-state index contributed by atoms with van der Waals surface area (Å²) in [6.45, 7) is 1.48. The van der Waals surface area contributed by atoms with E-state index in [2.05, 4.69) is 21.0 Å². The highest BCUT2D eigenvalue weighted by Gasteiger charge is 2.58. The quantitative estimate of drug-likeness (QED) is 0.623. The number of nitrogens with zero attached hydrogens (tertiary/aromatic N) is 2. The molecule has 8 nitrogen and oxygen atoms in total. The van der Waals surface area contributed by atoms with Crippen molar-refractivity contribution in [3.8, 4) is 5.75 Å². The number of hydrogen-bond acceptors (Lipinski definition) is 6. The minimum Gasteiger partial charge on any atom is -0.495 e. The Morgan fingerprint density at radius 3 is 2.59 bits per heavy atom. The molecule has 2 aliphatic heterocycles. The van der Waals surface area contributed by atoms with Crippen molar-refractivity contribution >= 4 is 17.5 Å². The number of fused-ring (bicyclic) bond motifs is 1. The van der Waals surface area contributed by atoms with Crippen LogP contribution in [0.1, 0.15) is 18.4 Å². The van der Waals surface area contributed by atoms with Crippen LogP contribution in [0.15, 0.2) is 60.1 Å². The number of rotatable bonds is 4. The lowest BCUT2D eigenvalue weighted by Gasteiger charge is -2.34. The summed E-state index contributed by atoms with van der Waals surface area (Å²) in [6, 6.07) is 7.63. The van der Waals surface area contributed by atoms with E-state index in [0.29, 0.717) is 11.3 Å². The first-order valence-electron chi connectivity index (χ1n) is 9.70. The first-order chi connectivity index (χ1) is 15.2. The number of allylic oxidation sites excluding steroid dienone is 1. The second-order valence-electron chi connectivity index (χ2n) is 7.42. The minimum absolute atomic E-state index is 0.176. The Labute approximate surface area is 181 Å². The molecule has 2 aromatic rings. The monoisotopic (exact) mass is 447 g/mol. The fourth-order valence-corrected chi connectivity index (χ4v) is 3.95. The molecule has 168 valence electrons. The van der Waals surface area contributed by atoms with Gasteiger partial charge in [0.1, 0.15) is 23.5 Å². The van der Waals surface area contributed by atoms with E-state index in [9.17, 15) is 22.8 Å². The normalized spacial score (nSPS) is 23.0. The van der Waals surface area contributed by atoms with Gasteiger partial charge in [0.15, 0.2) is 0 Å². The van der Waals surface area contributed by atoms with Crippen LogP contribution in [0.2, 0.25) is 0 Å². The van der Waals surface area contributed by atoms with Gasteiger partial charge in [-0.2, -0.15) is 13.2 Å². The molecule has 11 heteroatoms. The molecular formula is C21H20F3N5O3. The van der Waals surface area contributed by atoms with Crippen LogP contribution >= 0.6 is 0 Å². The number of pyridine rings is 1. The Hall–Kier alpha value is -3.60. The molecule has 0 spiro atoms. The van der Waals surface area contributed by atoms with Crippen LogP contribution in [0.3, 0.4) is 0 Å². The molecule has 1 aromatic carbocycles. The van der Waals surface area contributed by atoms with Crippen LogP contribution in [-0.4, -0.2) is 47.3 Å². The highest BCUT2D eigenvalue weighted by Crippen LogP contribution is 2.41. The molecule has 3 N–H and O–H groups in total. The number of carbonyl (C=O) groups excluding carboxylic acids is 2. The fourth-order valence-electron chi connectivity index (χ4n) is 3.95. The summed E-state index contributed by atoms with van der Waals surface area (Å²) in [5, 5.41) is 6.30. The molecule has 4 rings (SSSR count). The van der Waals surface area contributed by atoms with Gasteiger partial charge in [-0.3, -0.25) is 14.6 Å². The van der Waals surface area contributed by atoms with E-state index in [1.807, 2.05) is 0 Å². The number of alkyl halides is 3. The van der Waals surface area contributed by atoms with Gasteiger partial charge >= 0.3 is 6.18 Å². The van der Waals surface area contributed by atoms with Gasteiger partial charge in [0.25, 0.3) is 11.8 Å². The van der Waals surface area contributed by atoms with E-state index in [0.717, 1.165) is 5.01 Å². The van der Waals surface area contributed by atoms with Crippen LogP contribution < -0.4 is 20.8 Å². The number of methoxy groups -OCH3 is 1. The van der Waals surface area contributed by atoms with Gasteiger partial charge in [0.05, 0.1) is 31.1 Å². The standard InChI is InChI=1S/C21H20F3N5O3/c1-11-15(19(30)27-13-8-14(32-2)10-25-9-13)20(31)29-18(26-11)16(12-6-4-3-5-7-12)17(28-29)21(22,23)24/h3-10,16-18,26,28H,1-2H3,(H,27,30). The largest absolute Gasteiger partial charge is 0.495 e. The number of aromatic nitrogens is 1. The smallest absolute Gasteiger partial charge is 0.406 e. The number of hydrazine groups is 1. The molecule has 0 saturated carbocycles. The third kappa shape index (κ3) is 3.86. The molecule has 32 heavy (non-hydrogen) atoms. The topological polar surface area (TPSA) is 95.6 Å². The van der Waals surface area contributed by atoms with E-state index in [1.54, 1.807) is 30.3 Å². The summed E-state index contributed by atoms with van der Waals surface area (Å²) in [4.78, 5) is 29.9. The zero-order chi connectivity index (χ0) is 23.0. The van der Waals surface area contributed by atoms with E-state index < -0.39 is 36.1 Å². The summed E-state index contributed by atoms with van der Waals surface area (Å²) in [6.07, 6.45) is -2.85. The number of amides is 2. The van der Waals surface area contributed by atoms with Crippen molar-refractivity contribution < 1.29 is 27.5 Å². The molecule has 3 atom stereocenters. The van der Waals surface area contributed by atoms with Gasteiger partial charge in [-0.05, 0) is 12.5 Å². The van der Waals surface area contributed by atoms with Crippen LogP contribution in [0, 0.1) is 0 Å². The first kappa shape index (κ1) is 21.6. The lowest BCUT2D eigenvalue weighted by Crippen LogP contribution is -2.56. The Morgan fingerprint density at radius 2 is 1.94 bits per heavy atom. The molecule has 3 unspecified atom stereocenters. The number of hydrogen-bond donors (Lipinski definition) is 3. The van der Waals surface area contributed by atoms with Crippen LogP contribution in [-0.2, 0) is 9.59 Å². The van der Waals surface area contributed by atoms with Crippen LogP contribution in [0.5, 0.6) is 5.75 Å². The Morgan fingerprint density at radius 1 is 1.22 bits per heavy atom. The third-order valence-electron chi connectivity index (χ3n) is 5.40.